The first-order valence-electron chi connectivity index (χ1n) is 9.66. The number of nitrogens with zero attached hydrogens (tertiary/aromatic N) is 2. The Hall–Kier alpha value is -3.87. The lowest BCUT2D eigenvalue weighted by atomic mass is 10.1. The molecule has 0 unspecified atom stereocenters. The van der Waals surface area contributed by atoms with Gasteiger partial charge in [0.25, 0.3) is 0 Å². The zero-order valence-corrected chi connectivity index (χ0v) is 16.9. The minimum absolute atomic E-state index is 0.159. The lowest BCUT2D eigenvalue weighted by Gasteiger charge is -2.16. The number of carbonyl (C=O) groups is 2. The highest BCUT2D eigenvalue weighted by molar-refractivity contribution is 5.90. The average Bonchev–Trinajstić information content (AvgIpc) is 3.28. The molecule has 0 aliphatic heterocycles. The zero-order chi connectivity index (χ0) is 21.3. The van der Waals surface area contributed by atoms with Crippen LogP contribution in [-0.4, -0.2) is 28.2 Å². The van der Waals surface area contributed by atoms with Crippen LogP contribution in [0.25, 0.3) is 11.8 Å². The molecule has 0 saturated heterocycles. The minimum Gasteiger partial charge on any atom is -0.463 e. The number of benzene rings is 2. The number of carbonyl (C=O) groups excluding carboxylic acids is 2. The molecule has 3 rings (SSSR count). The highest BCUT2D eigenvalue weighted by atomic mass is 16.5. The maximum absolute atomic E-state index is 12.3. The van der Waals surface area contributed by atoms with Gasteiger partial charge in [-0.1, -0.05) is 24.3 Å². The first-order valence-corrected chi connectivity index (χ1v) is 9.66. The Balaban J connectivity index is 1.53. The predicted molar refractivity (Wildman–Crippen MR) is 116 cm³/mol. The fourth-order valence-corrected chi connectivity index (χ4v) is 2.83. The Morgan fingerprint density at radius 3 is 2.50 bits per heavy atom. The van der Waals surface area contributed by atoms with E-state index >= 15 is 0 Å². The third kappa shape index (κ3) is 5.81. The Morgan fingerprint density at radius 1 is 1.13 bits per heavy atom. The van der Waals surface area contributed by atoms with Crippen LogP contribution in [0.5, 0.6) is 0 Å². The van der Waals surface area contributed by atoms with Gasteiger partial charge in [-0.25, -0.2) is 14.6 Å². The normalized spacial score (nSPS) is 11.8. The number of anilines is 1. The largest absolute Gasteiger partial charge is 0.463 e. The van der Waals surface area contributed by atoms with Crippen molar-refractivity contribution in [3.8, 4) is 5.69 Å². The average molecular weight is 404 g/mol. The SMILES string of the molecule is CCOC(=O)/C=C\c1ccc(NC(=O)N[C@H](C)c2ccc(-n3ccnc3)cc2)cc1. The first kappa shape index (κ1) is 20.9. The van der Waals surface area contributed by atoms with Gasteiger partial charge in [0.2, 0.25) is 0 Å². The first-order chi connectivity index (χ1) is 14.5. The van der Waals surface area contributed by atoms with Crippen LogP contribution in [0.3, 0.4) is 0 Å². The Bertz CT molecular complexity index is 994. The molecule has 1 atom stereocenters. The Morgan fingerprint density at radius 2 is 1.87 bits per heavy atom. The monoisotopic (exact) mass is 404 g/mol. The number of aromatic nitrogens is 2. The van der Waals surface area contributed by atoms with Gasteiger partial charge in [-0.2, -0.15) is 0 Å². The van der Waals surface area contributed by atoms with Crippen LogP contribution in [0.4, 0.5) is 10.5 Å². The molecule has 0 saturated carbocycles. The summed E-state index contributed by atoms with van der Waals surface area (Å²) in [5, 5.41) is 5.73. The molecule has 7 nitrogen and oxygen atoms in total. The number of rotatable bonds is 7. The van der Waals surface area contributed by atoms with Crippen molar-refractivity contribution in [2.45, 2.75) is 19.9 Å². The van der Waals surface area contributed by atoms with Gasteiger partial charge < -0.3 is 19.9 Å². The second kappa shape index (κ2) is 10.1. The van der Waals surface area contributed by atoms with Crippen molar-refractivity contribution in [3.63, 3.8) is 0 Å². The van der Waals surface area contributed by atoms with E-state index < -0.39 is 0 Å². The van der Waals surface area contributed by atoms with Crippen molar-refractivity contribution in [2.24, 2.45) is 0 Å². The van der Waals surface area contributed by atoms with E-state index in [0.717, 1.165) is 16.8 Å². The van der Waals surface area contributed by atoms with Crippen LogP contribution in [-0.2, 0) is 9.53 Å². The molecule has 0 radical (unpaired) electrons. The van der Waals surface area contributed by atoms with Gasteiger partial charge in [-0.15, -0.1) is 0 Å². The van der Waals surface area contributed by atoms with Crippen molar-refractivity contribution >= 4 is 23.8 Å². The topological polar surface area (TPSA) is 85.2 Å². The molecule has 0 fully saturated rings. The second-order valence-corrected chi connectivity index (χ2v) is 6.59. The molecule has 0 aliphatic rings. The fraction of sp³-hybridized carbons (Fsp3) is 0.174. The number of urea groups is 1. The molecule has 0 aliphatic carbocycles. The molecule has 3 aromatic rings. The van der Waals surface area contributed by atoms with E-state index in [1.165, 1.54) is 6.08 Å². The summed E-state index contributed by atoms with van der Waals surface area (Å²) >= 11 is 0. The summed E-state index contributed by atoms with van der Waals surface area (Å²) in [7, 11) is 0. The molecule has 1 aromatic heterocycles. The van der Waals surface area contributed by atoms with E-state index in [1.54, 1.807) is 37.7 Å². The van der Waals surface area contributed by atoms with E-state index in [4.69, 9.17) is 4.74 Å². The van der Waals surface area contributed by atoms with Crippen molar-refractivity contribution in [2.75, 3.05) is 11.9 Å². The highest BCUT2D eigenvalue weighted by Gasteiger charge is 2.10. The molecule has 2 aromatic carbocycles. The van der Waals surface area contributed by atoms with E-state index in [9.17, 15) is 9.59 Å². The number of ether oxygens (including phenoxy) is 1. The number of amides is 2. The quantitative estimate of drug-likeness (QED) is 0.453. The van der Waals surface area contributed by atoms with E-state index in [2.05, 4.69) is 15.6 Å². The number of imidazole rings is 1. The molecule has 2 amide bonds. The third-order valence-electron chi connectivity index (χ3n) is 4.41. The van der Waals surface area contributed by atoms with Crippen molar-refractivity contribution < 1.29 is 14.3 Å². The van der Waals surface area contributed by atoms with Gasteiger partial charge in [0, 0.05) is 29.8 Å². The van der Waals surface area contributed by atoms with Crippen molar-refractivity contribution in [1.29, 1.82) is 0 Å². The molecule has 7 heteroatoms. The van der Waals surface area contributed by atoms with Gasteiger partial charge in [-0.3, -0.25) is 0 Å². The molecule has 0 spiro atoms. The standard InChI is InChI=1S/C23H24N4O3/c1-3-30-22(28)13-6-18-4-9-20(10-5-18)26-23(29)25-17(2)19-7-11-21(12-8-19)27-15-14-24-16-27/h4-17H,3H2,1-2H3,(H2,25,26,29)/b13-6-/t17-/m1/s1. The molecule has 0 bridgehead atoms. The summed E-state index contributed by atoms with van der Waals surface area (Å²) in [6.45, 7) is 4.03. The number of esters is 1. The maximum Gasteiger partial charge on any atom is 0.330 e. The van der Waals surface area contributed by atoms with E-state index in [1.807, 2.05) is 54.1 Å². The van der Waals surface area contributed by atoms with Gasteiger partial charge in [0.1, 0.15) is 0 Å². The summed E-state index contributed by atoms with van der Waals surface area (Å²) in [6.07, 6.45) is 8.38. The summed E-state index contributed by atoms with van der Waals surface area (Å²) in [5.74, 6) is -0.383. The summed E-state index contributed by atoms with van der Waals surface area (Å²) in [5.41, 5.74) is 3.49. The molecule has 2 N–H and O–H groups in total. The van der Waals surface area contributed by atoms with Gasteiger partial charge in [0.15, 0.2) is 0 Å². The van der Waals surface area contributed by atoms with Crippen LogP contribution < -0.4 is 10.6 Å². The Labute approximate surface area is 175 Å². The second-order valence-electron chi connectivity index (χ2n) is 6.59. The van der Waals surface area contributed by atoms with Crippen LogP contribution >= 0.6 is 0 Å². The van der Waals surface area contributed by atoms with E-state index in [-0.39, 0.29) is 18.0 Å². The van der Waals surface area contributed by atoms with Crippen molar-refractivity contribution in [1.82, 2.24) is 14.9 Å². The Kier molecular flexibility index (Phi) is 7.00. The van der Waals surface area contributed by atoms with Gasteiger partial charge in [-0.05, 0) is 55.3 Å². The molecule has 154 valence electrons. The lowest BCUT2D eigenvalue weighted by molar-refractivity contribution is -0.137. The van der Waals surface area contributed by atoms with Crippen molar-refractivity contribution in [3.05, 3.63) is 84.5 Å². The van der Waals surface area contributed by atoms with Crippen LogP contribution in [0, 0.1) is 0 Å². The molecule has 30 heavy (non-hydrogen) atoms. The van der Waals surface area contributed by atoms with Gasteiger partial charge in [0.05, 0.1) is 19.0 Å². The van der Waals surface area contributed by atoms with E-state index in [0.29, 0.717) is 12.3 Å². The molecular formula is C23H24N4O3. The fourth-order valence-electron chi connectivity index (χ4n) is 2.83. The number of hydrogen-bond donors (Lipinski definition) is 2. The third-order valence-corrected chi connectivity index (χ3v) is 4.41. The number of hydrogen-bond acceptors (Lipinski definition) is 4. The number of nitrogens with one attached hydrogen (secondary N) is 2. The summed E-state index contributed by atoms with van der Waals surface area (Å²) in [6, 6.07) is 14.6. The van der Waals surface area contributed by atoms with Crippen LogP contribution in [0.1, 0.15) is 31.0 Å². The molecular weight excluding hydrogens is 380 g/mol. The zero-order valence-electron chi connectivity index (χ0n) is 16.9. The molecule has 1 heterocycles. The van der Waals surface area contributed by atoms with Crippen LogP contribution in [0.2, 0.25) is 0 Å². The highest BCUT2D eigenvalue weighted by Crippen LogP contribution is 2.16. The smallest absolute Gasteiger partial charge is 0.330 e. The lowest BCUT2D eigenvalue weighted by Crippen LogP contribution is -2.31. The predicted octanol–water partition coefficient (Wildman–Crippen LogP) is 4.33. The maximum atomic E-state index is 12.3. The summed E-state index contributed by atoms with van der Waals surface area (Å²) in [4.78, 5) is 27.7. The van der Waals surface area contributed by atoms with Gasteiger partial charge >= 0.3 is 12.0 Å². The minimum atomic E-state index is -0.383. The van der Waals surface area contributed by atoms with Crippen LogP contribution in [0.15, 0.2) is 73.3 Å². The summed E-state index contributed by atoms with van der Waals surface area (Å²) < 4.78 is 6.76.